The molecule has 4 heteroatoms. The topological polar surface area (TPSA) is 78.9 Å². The number of carbonyl (C=O) groups is 1. The van der Waals surface area contributed by atoms with Crippen LogP contribution in [0.25, 0.3) is 0 Å². The molecular formula is C16H23N3O. The first kappa shape index (κ1) is 16.2. The van der Waals surface area contributed by atoms with Crippen molar-refractivity contribution >= 4 is 11.6 Å². The summed E-state index contributed by atoms with van der Waals surface area (Å²) in [6.07, 6.45) is 0.865. The molecule has 1 aromatic rings. The van der Waals surface area contributed by atoms with Crippen LogP contribution >= 0.6 is 0 Å². The zero-order chi connectivity index (χ0) is 15.3. The van der Waals surface area contributed by atoms with E-state index in [1.54, 1.807) is 12.1 Å². The molecule has 0 aliphatic heterocycles. The van der Waals surface area contributed by atoms with Crippen LogP contribution in [0.5, 0.6) is 0 Å². The maximum absolute atomic E-state index is 12.0. The summed E-state index contributed by atoms with van der Waals surface area (Å²) in [5.41, 5.74) is 6.97. The number of nitriles is 1. The van der Waals surface area contributed by atoms with Crippen LogP contribution in [0.4, 0.5) is 5.69 Å². The van der Waals surface area contributed by atoms with Gasteiger partial charge >= 0.3 is 0 Å². The van der Waals surface area contributed by atoms with Crippen molar-refractivity contribution in [1.29, 1.82) is 5.26 Å². The number of carbonyl (C=O) groups excluding carboxylic acids is 1. The van der Waals surface area contributed by atoms with Gasteiger partial charge in [-0.1, -0.05) is 32.4 Å². The van der Waals surface area contributed by atoms with Crippen LogP contribution in [0.15, 0.2) is 24.3 Å². The predicted molar refractivity (Wildman–Crippen MR) is 81.1 cm³/mol. The van der Waals surface area contributed by atoms with E-state index in [1.165, 1.54) is 0 Å². The summed E-state index contributed by atoms with van der Waals surface area (Å²) in [4.78, 5) is 12.0. The lowest BCUT2D eigenvalue weighted by atomic mass is 9.86. The van der Waals surface area contributed by atoms with Crippen LogP contribution < -0.4 is 11.1 Å². The highest BCUT2D eigenvalue weighted by Gasteiger charge is 2.21. The fraction of sp³-hybridized carbons (Fsp3) is 0.500. The quantitative estimate of drug-likeness (QED) is 0.865. The molecule has 0 radical (unpaired) electrons. The van der Waals surface area contributed by atoms with Crippen molar-refractivity contribution in [1.82, 2.24) is 0 Å². The summed E-state index contributed by atoms with van der Waals surface area (Å²) >= 11 is 0. The Morgan fingerprint density at radius 2 is 1.95 bits per heavy atom. The zero-order valence-corrected chi connectivity index (χ0v) is 12.6. The van der Waals surface area contributed by atoms with Gasteiger partial charge in [0.05, 0.1) is 17.5 Å². The Bertz CT molecular complexity index is 499. The second kappa shape index (κ2) is 6.53. The number of amides is 1. The van der Waals surface area contributed by atoms with E-state index in [0.29, 0.717) is 5.69 Å². The predicted octanol–water partition coefficient (Wildman–Crippen LogP) is 2.80. The number of benzene rings is 1. The van der Waals surface area contributed by atoms with E-state index in [1.807, 2.05) is 39.8 Å². The van der Waals surface area contributed by atoms with Gasteiger partial charge in [-0.05, 0) is 37.5 Å². The molecular weight excluding hydrogens is 250 g/mol. The summed E-state index contributed by atoms with van der Waals surface area (Å²) in [5, 5.41) is 11.9. The Morgan fingerprint density at radius 3 is 2.40 bits per heavy atom. The molecule has 4 nitrogen and oxygen atoms in total. The minimum atomic E-state index is -0.532. The van der Waals surface area contributed by atoms with Crippen LogP contribution in [0.3, 0.4) is 0 Å². The zero-order valence-electron chi connectivity index (χ0n) is 12.6. The van der Waals surface area contributed by atoms with Crippen molar-refractivity contribution in [3.63, 3.8) is 0 Å². The maximum atomic E-state index is 12.0. The number of nitrogens with two attached hydrogens (primary N) is 1. The van der Waals surface area contributed by atoms with Gasteiger partial charge in [0.2, 0.25) is 5.91 Å². The smallest absolute Gasteiger partial charge is 0.241 e. The Kier molecular flexibility index (Phi) is 5.29. The largest absolute Gasteiger partial charge is 0.325 e. The Balaban J connectivity index is 2.76. The van der Waals surface area contributed by atoms with Crippen LogP contribution in [-0.4, -0.2) is 11.9 Å². The van der Waals surface area contributed by atoms with Crippen molar-refractivity contribution in [3.05, 3.63) is 29.8 Å². The van der Waals surface area contributed by atoms with E-state index in [-0.39, 0.29) is 11.8 Å². The minimum absolute atomic E-state index is 0.145. The molecule has 2 atom stereocenters. The lowest BCUT2D eigenvalue weighted by Gasteiger charge is -2.19. The van der Waals surface area contributed by atoms with Crippen LogP contribution in [0, 0.1) is 17.2 Å². The van der Waals surface area contributed by atoms with Gasteiger partial charge in [-0.3, -0.25) is 4.79 Å². The molecule has 0 fully saturated rings. The molecule has 0 aliphatic rings. The van der Waals surface area contributed by atoms with Gasteiger partial charge < -0.3 is 11.1 Å². The first-order valence-electron chi connectivity index (χ1n) is 6.90. The molecule has 0 aliphatic carbocycles. The molecule has 0 heterocycles. The second-order valence-corrected chi connectivity index (χ2v) is 5.71. The highest BCUT2D eigenvalue weighted by atomic mass is 16.2. The molecule has 108 valence electrons. The lowest BCUT2D eigenvalue weighted by Crippen LogP contribution is -2.40. The number of anilines is 1. The molecule has 0 saturated carbocycles. The summed E-state index contributed by atoms with van der Waals surface area (Å²) < 4.78 is 0. The van der Waals surface area contributed by atoms with Gasteiger partial charge in [0, 0.05) is 5.69 Å². The summed E-state index contributed by atoms with van der Waals surface area (Å²) in [6, 6.07) is 9.06. The van der Waals surface area contributed by atoms with Gasteiger partial charge in [0.15, 0.2) is 0 Å². The van der Waals surface area contributed by atoms with E-state index in [4.69, 9.17) is 11.0 Å². The Morgan fingerprint density at radius 1 is 1.40 bits per heavy atom. The highest BCUT2D eigenvalue weighted by Crippen LogP contribution is 2.23. The van der Waals surface area contributed by atoms with E-state index >= 15 is 0 Å². The summed E-state index contributed by atoms with van der Waals surface area (Å²) in [7, 11) is 0. The third kappa shape index (κ3) is 3.82. The molecule has 1 aromatic carbocycles. The molecule has 1 rings (SSSR count). The lowest BCUT2D eigenvalue weighted by molar-refractivity contribution is -0.118. The van der Waals surface area contributed by atoms with Gasteiger partial charge in [-0.2, -0.15) is 5.26 Å². The summed E-state index contributed by atoms with van der Waals surface area (Å²) in [5.74, 6) is -0.0292. The third-order valence-corrected chi connectivity index (χ3v) is 3.71. The SMILES string of the molecule is CCC(C)[C@H](N)C(=O)Nc1ccc(C(C)(C)C#N)cc1. The highest BCUT2D eigenvalue weighted by molar-refractivity contribution is 5.94. The van der Waals surface area contributed by atoms with Crippen LogP contribution in [-0.2, 0) is 10.2 Å². The minimum Gasteiger partial charge on any atom is -0.325 e. The normalized spacial score (nSPS) is 14.2. The van der Waals surface area contributed by atoms with Gasteiger partial charge in [0.1, 0.15) is 0 Å². The first-order chi connectivity index (χ1) is 9.31. The van der Waals surface area contributed by atoms with Crippen molar-refractivity contribution in [2.24, 2.45) is 11.7 Å². The number of hydrogen-bond acceptors (Lipinski definition) is 3. The average Bonchev–Trinajstić information content (AvgIpc) is 2.46. The average molecular weight is 273 g/mol. The molecule has 0 saturated heterocycles. The van der Waals surface area contributed by atoms with Crippen LogP contribution in [0.1, 0.15) is 39.7 Å². The van der Waals surface area contributed by atoms with Crippen molar-refractivity contribution < 1.29 is 4.79 Å². The number of rotatable bonds is 5. The molecule has 0 aromatic heterocycles. The monoisotopic (exact) mass is 273 g/mol. The van der Waals surface area contributed by atoms with Crippen molar-refractivity contribution in [3.8, 4) is 6.07 Å². The fourth-order valence-electron chi connectivity index (χ4n) is 1.77. The van der Waals surface area contributed by atoms with Gasteiger partial charge in [0.25, 0.3) is 0 Å². The third-order valence-electron chi connectivity index (χ3n) is 3.71. The molecule has 20 heavy (non-hydrogen) atoms. The van der Waals surface area contributed by atoms with Crippen LogP contribution in [0.2, 0.25) is 0 Å². The molecule has 1 amide bonds. The van der Waals surface area contributed by atoms with Crippen molar-refractivity contribution in [2.75, 3.05) is 5.32 Å². The molecule has 1 unspecified atom stereocenters. The molecule has 3 N–H and O–H groups in total. The van der Waals surface area contributed by atoms with Gasteiger partial charge in [-0.15, -0.1) is 0 Å². The Hall–Kier alpha value is -1.86. The van der Waals surface area contributed by atoms with E-state index in [9.17, 15) is 4.79 Å². The Labute approximate surface area is 121 Å². The van der Waals surface area contributed by atoms with Crippen molar-refractivity contribution in [2.45, 2.75) is 45.6 Å². The summed E-state index contributed by atoms with van der Waals surface area (Å²) in [6.45, 7) is 7.69. The molecule has 0 spiro atoms. The molecule has 0 bridgehead atoms. The fourth-order valence-corrected chi connectivity index (χ4v) is 1.77. The van der Waals surface area contributed by atoms with E-state index in [0.717, 1.165) is 12.0 Å². The van der Waals surface area contributed by atoms with E-state index < -0.39 is 11.5 Å². The standard InChI is InChI=1S/C16H23N3O/c1-5-11(2)14(18)15(20)19-13-8-6-12(7-9-13)16(3,4)10-17/h6-9,11,14H,5,18H2,1-4H3,(H,19,20)/t11?,14-/m0/s1. The van der Waals surface area contributed by atoms with Gasteiger partial charge in [-0.25, -0.2) is 0 Å². The number of hydrogen-bond donors (Lipinski definition) is 2. The number of nitrogens with zero attached hydrogens (tertiary/aromatic N) is 1. The van der Waals surface area contributed by atoms with E-state index in [2.05, 4.69) is 11.4 Å². The second-order valence-electron chi connectivity index (χ2n) is 5.71. The number of nitrogens with one attached hydrogen (secondary N) is 1. The first-order valence-corrected chi connectivity index (χ1v) is 6.90. The maximum Gasteiger partial charge on any atom is 0.241 e.